The molecule has 0 bridgehead atoms. The number of aromatic nitrogens is 1. The van der Waals surface area contributed by atoms with Crippen molar-refractivity contribution in [3.8, 4) is 0 Å². The van der Waals surface area contributed by atoms with E-state index in [4.69, 9.17) is 0 Å². The van der Waals surface area contributed by atoms with E-state index in [1.807, 2.05) is 0 Å². The number of benzene rings is 1. The first kappa shape index (κ1) is 11.5. The average Bonchev–Trinajstić information content (AvgIpc) is 2.34. The van der Waals surface area contributed by atoms with Crippen LogP contribution >= 0.6 is 0 Å². The molecule has 17 heavy (non-hydrogen) atoms. The zero-order valence-electron chi connectivity index (χ0n) is 9.48. The van der Waals surface area contributed by atoms with Crippen LogP contribution in [0.25, 0.3) is 0 Å². The van der Waals surface area contributed by atoms with E-state index in [2.05, 4.69) is 4.98 Å². The predicted octanol–water partition coefficient (Wildman–Crippen LogP) is 2.95. The van der Waals surface area contributed by atoms with Crippen molar-refractivity contribution in [1.82, 2.24) is 4.98 Å². The third-order valence-corrected chi connectivity index (χ3v) is 2.58. The van der Waals surface area contributed by atoms with Crippen molar-refractivity contribution in [1.29, 1.82) is 0 Å². The number of Topliss-reactive ketones (excluding diaryl/α,β-unsaturated/α-hetero) is 1. The van der Waals surface area contributed by atoms with Crippen molar-refractivity contribution in [3.05, 3.63) is 65.2 Å². The minimum absolute atomic E-state index is 0.147. The third kappa shape index (κ3) is 2.56. The van der Waals surface area contributed by atoms with Gasteiger partial charge < -0.3 is 0 Å². The summed E-state index contributed by atoms with van der Waals surface area (Å²) in [6, 6.07) is 8.42. The molecule has 86 valence electrons. The summed E-state index contributed by atoms with van der Waals surface area (Å²) in [5.74, 6) is -0.652. The minimum Gasteiger partial charge on any atom is -0.294 e. The molecule has 0 aliphatic heterocycles. The molecule has 2 aromatic rings. The number of halogens is 1. The van der Waals surface area contributed by atoms with Gasteiger partial charge in [-0.15, -0.1) is 0 Å². The molecule has 0 aliphatic rings. The Kier molecular flexibility index (Phi) is 3.28. The lowest BCUT2D eigenvalue weighted by atomic mass is 10.0. The fourth-order valence-electron chi connectivity index (χ4n) is 1.65. The zero-order chi connectivity index (χ0) is 12.3. The van der Waals surface area contributed by atoms with E-state index in [-0.39, 0.29) is 17.8 Å². The highest BCUT2D eigenvalue weighted by Crippen LogP contribution is 2.14. The molecule has 3 heteroatoms. The Morgan fingerprint density at radius 1 is 1.29 bits per heavy atom. The molecule has 0 radical (unpaired) electrons. The van der Waals surface area contributed by atoms with E-state index in [1.54, 1.807) is 43.6 Å². The first-order valence-corrected chi connectivity index (χ1v) is 5.35. The molecule has 0 unspecified atom stereocenters. The summed E-state index contributed by atoms with van der Waals surface area (Å²) in [5, 5.41) is 0. The molecular formula is C14H12FNO. The number of ketones is 1. The van der Waals surface area contributed by atoms with Gasteiger partial charge in [0.05, 0.1) is 5.56 Å². The van der Waals surface area contributed by atoms with Gasteiger partial charge in [0.2, 0.25) is 0 Å². The number of carbonyl (C=O) groups is 1. The van der Waals surface area contributed by atoms with Gasteiger partial charge in [-0.25, -0.2) is 4.39 Å². The van der Waals surface area contributed by atoms with Crippen molar-refractivity contribution >= 4 is 5.78 Å². The van der Waals surface area contributed by atoms with Crippen molar-refractivity contribution in [2.45, 2.75) is 13.3 Å². The van der Waals surface area contributed by atoms with Gasteiger partial charge in [-0.05, 0) is 30.2 Å². The Morgan fingerprint density at radius 3 is 2.82 bits per heavy atom. The van der Waals surface area contributed by atoms with E-state index < -0.39 is 5.82 Å². The normalized spacial score (nSPS) is 10.2. The third-order valence-electron chi connectivity index (χ3n) is 2.58. The van der Waals surface area contributed by atoms with E-state index in [1.165, 1.54) is 6.07 Å². The fourth-order valence-corrected chi connectivity index (χ4v) is 1.65. The Morgan fingerprint density at radius 2 is 2.12 bits per heavy atom. The summed E-state index contributed by atoms with van der Waals surface area (Å²) in [6.07, 6.45) is 3.43. The molecule has 0 atom stereocenters. The van der Waals surface area contributed by atoms with Crippen LogP contribution in [0, 0.1) is 12.7 Å². The molecule has 0 saturated carbocycles. The topological polar surface area (TPSA) is 30.0 Å². The van der Waals surface area contributed by atoms with Gasteiger partial charge in [-0.1, -0.05) is 18.2 Å². The van der Waals surface area contributed by atoms with Crippen molar-refractivity contribution in [2.75, 3.05) is 0 Å². The first-order valence-electron chi connectivity index (χ1n) is 5.35. The summed E-state index contributed by atoms with van der Waals surface area (Å²) in [5.41, 5.74) is 1.43. The van der Waals surface area contributed by atoms with Crippen molar-refractivity contribution in [3.63, 3.8) is 0 Å². The minimum atomic E-state index is -0.429. The SMILES string of the molecule is Cc1cccc(C(=O)Cc2cccnc2)c1F. The Bertz CT molecular complexity index is 537. The van der Waals surface area contributed by atoms with Gasteiger partial charge in [0.1, 0.15) is 5.82 Å². The first-order chi connectivity index (χ1) is 8.18. The van der Waals surface area contributed by atoms with Crippen LogP contribution in [0.1, 0.15) is 21.5 Å². The van der Waals surface area contributed by atoms with Crippen LogP contribution in [0.15, 0.2) is 42.7 Å². The van der Waals surface area contributed by atoms with Gasteiger partial charge in [0.15, 0.2) is 5.78 Å². The summed E-state index contributed by atoms with van der Waals surface area (Å²) in [7, 11) is 0. The molecule has 0 fully saturated rings. The molecule has 0 spiro atoms. The van der Waals surface area contributed by atoms with Crippen LogP contribution in [0.3, 0.4) is 0 Å². The van der Waals surface area contributed by atoms with E-state index >= 15 is 0 Å². The van der Waals surface area contributed by atoms with Crippen LogP contribution in [-0.2, 0) is 6.42 Å². The molecule has 1 aromatic carbocycles. The maximum Gasteiger partial charge on any atom is 0.170 e. The Balaban J connectivity index is 2.24. The van der Waals surface area contributed by atoms with Crippen molar-refractivity contribution < 1.29 is 9.18 Å². The molecule has 1 heterocycles. The van der Waals surface area contributed by atoms with Crippen LogP contribution in [0.5, 0.6) is 0 Å². The summed E-state index contributed by atoms with van der Waals surface area (Å²) < 4.78 is 13.7. The van der Waals surface area contributed by atoms with E-state index in [0.29, 0.717) is 5.56 Å². The fraction of sp³-hybridized carbons (Fsp3) is 0.143. The molecule has 2 nitrogen and oxygen atoms in total. The number of hydrogen-bond acceptors (Lipinski definition) is 2. The van der Waals surface area contributed by atoms with Gasteiger partial charge in [-0.3, -0.25) is 9.78 Å². The number of rotatable bonds is 3. The van der Waals surface area contributed by atoms with Crippen LogP contribution < -0.4 is 0 Å². The predicted molar refractivity (Wildman–Crippen MR) is 63.4 cm³/mol. The smallest absolute Gasteiger partial charge is 0.170 e. The number of carbonyl (C=O) groups excluding carboxylic acids is 1. The number of aryl methyl sites for hydroxylation is 1. The second-order valence-corrected chi connectivity index (χ2v) is 3.90. The molecule has 0 saturated heterocycles. The van der Waals surface area contributed by atoms with Crippen molar-refractivity contribution in [2.24, 2.45) is 0 Å². The largest absolute Gasteiger partial charge is 0.294 e. The zero-order valence-corrected chi connectivity index (χ0v) is 9.48. The van der Waals surface area contributed by atoms with Gasteiger partial charge >= 0.3 is 0 Å². The van der Waals surface area contributed by atoms with Gasteiger partial charge in [0.25, 0.3) is 0 Å². The summed E-state index contributed by atoms with van der Waals surface area (Å²) in [6.45, 7) is 1.65. The lowest BCUT2D eigenvalue weighted by molar-refractivity contribution is 0.0989. The second-order valence-electron chi connectivity index (χ2n) is 3.90. The standard InChI is InChI=1S/C14H12FNO/c1-10-4-2-6-12(14(10)15)13(17)8-11-5-3-7-16-9-11/h2-7,9H,8H2,1H3. The maximum absolute atomic E-state index is 13.7. The highest BCUT2D eigenvalue weighted by molar-refractivity contribution is 5.97. The summed E-state index contributed by atoms with van der Waals surface area (Å²) >= 11 is 0. The van der Waals surface area contributed by atoms with Crippen LogP contribution in [0.2, 0.25) is 0 Å². The molecule has 2 rings (SSSR count). The van der Waals surface area contributed by atoms with E-state index in [9.17, 15) is 9.18 Å². The highest BCUT2D eigenvalue weighted by atomic mass is 19.1. The lowest BCUT2D eigenvalue weighted by Crippen LogP contribution is -2.07. The van der Waals surface area contributed by atoms with Crippen LogP contribution in [0.4, 0.5) is 4.39 Å². The molecular weight excluding hydrogens is 217 g/mol. The maximum atomic E-state index is 13.7. The number of hydrogen-bond donors (Lipinski definition) is 0. The summed E-state index contributed by atoms with van der Waals surface area (Å²) in [4.78, 5) is 15.8. The molecule has 0 amide bonds. The molecule has 0 aliphatic carbocycles. The van der Waals surface area contributed by atoms with E-state index in [0.717, 1.165) is 5.56 Å². The Hall–Kier alpha value is -2.03. The number of pyridine rings is 1. The van der Waals surface area contributed by atoms with Crippen LogP contribution in [-0.4, -0.2) is 10.8 Å². The molecule has 0 N–H and O–H groups in total. The second kappa shape index (κ2) is 4.87. The number of nitrogens with zero attached hydrogens (tertiary/aromatic N) is 1. The monoisotopic (exact) mass is 229 g/mol. The Labute approximate surface area is 99.1 Å². The average molecular weight is 229 g/mol. The quantitative estimate of drug-likeness (QED) is 0.757. The highest BCUT2D eigenvalue weighted by Gasteiger charge is 2.13. The van der Waals surface area contributed by atoms with Gasteiger partial charge in [0, 0.05) is 18.8 Å². The lowest BCUT2D eigenvalue weighted by Gasteiger charge is -2.04. The molecule has 1 aromatic heterocycles. The van der Waals surface area contributed by atoms with Gasteiger partial charge in [-0.2, -0.15) is 0 Å².